The molecule has 0 aliphatic rings. The van der Waals surface area contributed by atoms with Gasteiger partial charge >= 0.3 is 24.0 Å². The monoisotopic (exact) mass is 497 g/mol. The minimum atomic E-state index is -0.813. The van der Waals surface area contributed by atoms with Crippen molar-refractivity contribution in [2.45, 2.75) is 34.1 Å². The predicted molar refractivity (Wildman–Crippen MR) is 126 cm³/mol. The fourth-order valence-electron chi connectivity index (χ4n) is 3.16. The first kappa shape index (κ1) is 25.9. The molecule has 0 fully saturated rings. The van der Waals surface area contributed by atoms with Gasteiger partial charge in [0.05, 0.1) is 0 Å². The van der Waals surface area contributed by atoms with Crippen LogP contribution in [0.2, 0.25) is 0 Å². The second-order valence-corrected chi connectivity index (χ2v) is 7.50. The molecule has 11 nitrogen and oxygen atoms in total. The second kappa shape index (κ2) is 11.2. The number of nitrogens with one attached hydrogen (secondary N) is 1. The lowest BCUT2D eigenvalue weighted by atomic mass is 10.1. The summed E-state index contributed by atoms with van der Waals surface area (Å²) in [5.74, 6) is -3.10. The summed E-state index contributed by atoms with van der Waals surface area (Å²) in [7, 11) is 0. The van der Waals surface area contributed by atoms with Crippen LogP contribution in [0.15, 0.2) is 45.6 Å². The zero-order valence-electron chi connectivity index (χ0n) is 20.0. The van der Waals surface area contributed by atoms with E-state index in [0.717, 1.165) is 33.3 Å². The van der Waals surface area contributed by atoms with E-state index in [0.29, 0.717) is 12.1 Å². The number of rotatable bonds is 7. The van der Waals surface area contributed by atoms with Crippen LogP contribution < -0.4 is 29.7 Å². The first-order chi connectivity index (χ1) is 17.1. The Morgan fingerprint density at radius 3 is 2.03 bits per heavy atom. The molecule has 0 aliphatic carbocycles. The molecule has 1 N–H and O–H groups in total. The Labute approximate surface area is 204 Å². The molecule has 188 valence electrons. The summed E-state index contributed by atoms with van der Waals surface area (Å²) < 4.78 is 26.4. The van der Waals surface area contributed by atoms with Gasteiger partial charge in [-0.1, -0.05) is 6.92 Å². The van der Waals surface area contributed by atoms with Crippen molar-refractivity contribution >= 4 is 35.0 Å². The minimum Gasteiger partial charge on any atom is -0.456 e. The molecule has 1 heterocycles. The largest absolute Gasteiger partial charge is 0.456 e. The third-order valence-corrected chi connectivity index (χ3v) is 4.51. The lowest BCUT2D eigenvalue weighted by molar-refractivity contribution is -0.135. The van der Waals surface area contributed by atoms with Gasteiger partial charge in [0.25, 0.3) is 0 Å². The van der Waals surface area contributed by atoms with Gasteiger partial charge < -0.3 is 28.7 Å². The smallest absolute Gasteiger partial charge is 0.412 e. The van der Waals surface area contributed by atoms with Crippen LogP contribution in [0.1, 0.15) is 34.1 Å². The van der Waals surface area contributed by atoms with E-state index in [4.69, 9.17) is 23.4 Å². The molecule has 0 radical (unpaired) electrons. The van der Waals surface area contributed by atoms with E-state index in [1.807, 2.05) is 6.92 Å². The summed E-state index contributed by atoms with van der Waals surface area (Å²) in [5, 5.41) is 2.38. The van der Waals surface area contributed by atoms with Crippen LogP contribution in [0.25, 0.3) is 22.3 Å². The Morgan fingerprint density at radius 1 is 0.833 bits per heavy atom. The average Bonchev–Trinajstić information content (AvgIpc) is 2.79. The van der Waals surface area contributed by atoms with Crippen molar-refractivity contribution in [2.24, 2.45) is 0 Å². The molecule has 36 heavy (non-hydrogen) atoms. The van der Waals surface area contributed by atoms with Crippen molar-refractivity contribution in [1.82, 2.24) is 5.32 Å². The van der Waals surface area contributed by atoms with Gasteiger partial charge in [-0.15, -0.1) is 0 Å². The van der Waals surface area contributed by atoms with Gasteiger partial charge in [-0.05, 0) is 30.7 Å². The van der Waals surface area contributed by atoms with Crippen LogP contribution in [0.4, 0.5) is 4.79 Å². The molecule has 0 saturated carbocycles. The van der Waals surface area contributed by atoms with E-state index >= 15 is 0 Å². The highest BCUT2D eigenvalue weighted by Crippen LogP contribution is 2.44. The third kappa shape index (κ3) is 6.26. The van der Waals surface area contributed by atoms with Gasteiger partial charge in [-0.3, -0.25) is 19.2 Å². The number of fused-ring (bicyclic) bond motifs is 1. The lowest BCUT2D eigenvalue weighted by Crippen LogP contribution is -2.27. The average molecular weight is 497 g/mol. The molecule has 11 heteroatoms. The fraction of sp³-hybridized carbons (Fsp3) is 0.240. The van der Waals surface area contributed by atoms with Crippen molar-refractivity contribution in [3.8, 4) is 34.3 Å². The van der Waals surface area contributed by atoms with Gasteiger partial charge in [-0.2, -0.15) is 0 Å². The maximum Gasteiger partial charge on any atom is 0.412 e. The molecular weight excluding hydrogens is 474 g/mol. The van der Waals surface area contributed by atoms with Crippen molar-refractivity contribution in [2.75, 3.05) is 6.54 Å². The Hall–Kier alpha value is -4.67. The maximum absolute atomic E-state index is 13.1. The van der Waals surface area contributed by atoms with E-state index in [1.54, 1.807) is 12.1 Å². The molecule has 3 aromatic rings. The van der Waals surface area contributed by atoms with Crippen molar-refractivity contribution in [3.63, 3.8) is 0 Å². The van der Waals surface area contributed by atoms with Gasteiger partial charge in [-0.25, -0.2) is 4.79 Å². The van der Waals surface area contributed by atoms with E-state index in [1.165, 1.54) is 18.2 Å². The molecule has 0 saturated heterocycles. The molecule has 0 spiro atoms. The highest BCUT2D eigenvalue weighted by molar-refractivity contribution is 5.94. The van der Waals surface area contributed by atoms with Gasteiger partial charge in [0.2, 0.25) is 5.75 Å². The van der Waals surface area contributed by atoms with Crippen LogP contribution in [-0.4, -0.2) is 30.5 Å². The molecule has 1 amide bonds. The Balaban J connectivity index is 2.11. The number of carbonyl (C=O) groups excluding carboxylic acids is 4. The number of esters is 3. The lowest BCUT2D eigenvalue weighted by Gasteiger charge is -2.15. The molecule has 1 aromatic heterocycles. The zero-order valence-corrected chi connectivity index (χ0v) is 20.0. The molecule has 0 unspecified atom stereocenters. The Morgan fingerprint density at radius 2 is 1.44 bits per heavy atom. The van der Waals surface area contributed by atoms with Crippen molar-refractivity contribution in [1.29, 1.82) is 0 Å². The molecule has 3 rings (SSSR count). The summed E-state index contributed by atoms with van der Waals surface area (Å²) >= 11 is 0. The van der Waals surface area contributed by atoms with E-state index in [2.05, 4.69) is 5.32 Å². The molecule has 0 aliphatic heterocycles. The van der Waals surface area contributed by atoms with Crippen LogP contribution >= 0.6 is 0 Å². The maximum atomic E-state index is 13.1. The first-order valence-corrected chi connectivity index (χ1v) is 10.8. The fourth-order valence-corrected chi connectivity index (χ4v) is 3.16. The number of carbonyl (C=O) groups is 4. The standard InChI is InChI=1S/C25H23NO10/c1-5-10-26-25(31)35-17-8-6-16(7-9-17)19-11-18(30)22-20(36-19)12-21(32-13(2)27)23(33-14(3)28)24(22)34-15(4)29/h6-9,11-12H,5,10H2,1-4H3,(H,26,31). The molecule has 0 atom stereocenters. The van der Waals surface area contributed by atoms with E-state index < -0.39 is 40.9 Å². The summed E-state index contributed by atoms with van der Waals surface area (Å²) in [6.07, 6.45) is 0.164. The van der Waals surface area contributed by atoms with Crippen LogP contribution in [0.5, 0.6) is 23.0 Å². The van der Waals surface area contributed by atoms with Crippen molar-refractivity contribution < 1.29 is 42.5 Å². The summed E-state index contributed by atoms with van der Waals surface area (Å²) in [6, 6.07) is 8.51. The number of hydrogen-bond donors (Lipinski definition) is 1. The van der Waals surface area contributed by atoms with Crippen LogP contribution in [0, 0.1) is 0 Å². The summed E-state index contributed by atoms with van der Waals surface area (Å²) in [6.45, 7) is 5.68. The second-order valence-electron chi connectivity index (χ2n) is 7.50. The van der Waals surface area contributed by atoms with Crippen molar-refractivity contribution in [3.05, 3.63) is 46.6 Å². The van der Waals surface area contributed by atoms with Crippen LogP contribution in [-0.2, 0) is 14.4 Å². The molecule has 2 aromatic carbocycles. The van der Waals surface area contributed by atoms with Crippen LogP contribution in [0.3, 0.4) is 0 Å². The summed E-state index contributed by atoms with van der Waals surface area (Å²) in [4.78, 5) is 59.9. The Bertz CT molecular complexity index is 1390. The number of hydrogen-bond acceptors (Lipinski definition) is 10. The summed E-state index contributed by atoms with van der Waals surface area (Å²) in [5.41, 5.74) is -0.257. The van der Waals surface area contributed by atoms with Gasteiger partial charge in [0.1, 0.15) is 22.5 Å². The number of benzene rings is 2. The number of amides is 1. The van der Waals surface area contributed by atoms with Gasteiger partial charge in [0.15, 0.2) is 16.9 Å². The normalized spacial score (nSPS) is 10.4. The SMILES string of the molecule is CCCNC(=O)Oc1ccc(-c2cc(=O)c3c(OC(C)=O)c(OC(C)=O)c(OC(C)=O)cc3o2)cc1. The number of ether oxygens (including phenoxy) is 4. The van der Waals surface area contributed by atoms with Gasteiger partial charge in [0, 0.05) is 45.0 Å². The third-order valence-electron chi connectivity index (χ3n) is 4.51. The Kier molecular flexibility index (Phi) is 8.05. The molecule has 0 bridgehead atoms. The topological polar surface area (TPSA) is 147 Å². The first-order valence-electron chi connectivity index (χ1n) is 10.8. The highest BCUT2D eigenvalue weighted by atomic mass is 16.6. The quantitative estimate of drug-likeness (QED) is 0.378. The van der Waals surface area contributed by atoms with E-state index in [-0.39, 0.29) is 28.2 Å². The predicted octanol–water partition coefficient (Wildman–Crippen LogP) is 3.73. The molecular formula is C25H23NO10. The highest BCUT2D eigenvalue weighted by Gasteiger charge is 2.25. The zero-order chi connectivity index (χ0) is 26.4. The van der Waals surface area contributed by atoms with E-state index in [9.17, 15) is 24.0 Å². The minimum absolute atomic E-state index is 0.0971.